The molecule has 6 heteroatoms. The molecule has 1 aliphatic heterocycles. The highest BCUT2D eigenvalue weighted by atomic mass is 79.9. The minimum absolute atomic E-state index is 0.274. The van der Waals surface area contributed by atoms with E-state index in [1.807, 2.05) is 60.7 Å². The van der Waals surface area contributed by atoms with Crippen molar-refractivity contribution >= 4 is 27.4 Å². The van der Waals surface area contributed by atoms with Gasteiger partial charge in [-0.3, -0.25) is 14.8 Å². The number of nitrogens with one attached hydrogen (secondary N) is 3. The van der Waals surface area contributed by atoms with Crippen LogP contribution in [0, 0.1) is 0 Å². The summed E-state index contributed by atoms with van der Waals surface area (Å²) in [7, 11) is 0. The molecule has 3 aromatic rings. The van der Waals surface area contributed by atoms with Crippen LogP contribution in [0.1, 0.15) is 22.6 Å². The molecule has 1 unspecified atom stereocenters. The molecule has 0 saturated carbocycles. The van der Waals surface area contributed by atoms with Crippen LogP contribution in [0.4, 0.5) is 5.82 Å². The first-order chi connectivity index (χ1) is 12.1. The van der Waals surface area contributed by atoms with Crippen molar-refractivity contribution in [1.82, 2.24) is 9.97 Å². The number of hydrogen-bond donors (Lipinski definition) is 3. The minimum atomic E-state index is -0.529. The van der Waals surface area contributed by atoms with Gasteiger partial charge >= 0.3 is 5.69 Å². The molecule has 2 aromatic carbocycles. The molecule has 0 spiro atoms. The maximum Gasteiger partial charge on any atom is 0.327 e. The first kappa shape index (κ1) is 15.7. The van der Waals surface area contributed by atoms with E-state index in [1.165, 1.54) is 0 Å². The minimum Gasteiger partial charge on any atom is -0.341 e. The Kier molecular flexibility index (Phi) is 3.89. The molecule has 25 heavy (non-hydrogen) atoms. The van der Waals surface area contributed by atoms with Crippen LogP contribution in [0.3, 0.4) is 0 Å². The first-order valence-electron chi connectivity index (χ1n) is 7.78. The summed E-state index contributed by atoms with van der Waals surface area (Å²) in [4.78, 5) is 29.2. The molecule has 1 atom stereocenters. The second-order valence-corrected chi connectivity index (χ2v) is 6.72. The lowest BCUT2D eigenvalue weighted by Crippen LogP contribution is -2.31. The lowest BCUT2D eigenvalue weighted by molar-refractivity contribution is 0.914. The van der Waals surface area contributed by atoms with Gasteiger partial charge in [0.05, 0.1) is 5.56 Å². The summed E-state index contributed by atoms with van der Waals surface area (Å²) >= 11 is 3.48. The van der Waals surface area contributed by atoms with Crippen molar-refractivity contribution in [3.05, 3.63) is 103 Å². The molecule has 4 rings (SSSR count). The monoisotopic (exact) mass is 395 g/mol. The number of fused-ring (bicyclic) bond motifs is 1. The van der Waals surface area contributed by atoms with E-state index in [-0.39, 0.29) is 11.5 Å². The molecule has 0 radical (unpaired) electrons. The van der Waals surface area contributed by atoms with Crippen molar-refractivity contribution in [2.24, 2.45) is 0 Å². The van der Waals surface area contributed by atoms with E-state index < -0.39 is 5.69 Å². The van der Waals surface area contributed by atoms with Gasteiger partial charge in [-0.1, -0.05) is 58.4 Å². The molecule has 2 heterocycles. The maximum atomic E-state index is 12.4. The van der Waals surface area contributed by atoms with Crippen molar-refractivity contribution in [3.63, 3.8) is 0 Å². The average molecular weight is 396 g/mol. The van der Waals surface area contributed by atoms with E-state index in [0.29, 0.717) is 11.4 Å². The standard InChI is InChI=1S/C19H14BrN3O2/c20-13-8-4-7-12(9-13)14-10-15(11-5-2-1-3-6-11)21-17-16(14)18(24)23-19(25)22-17/h1-10,14H,(H3,21,22,23,24,25). The lowest BCUT2D eigenvalue weighted by Gasteiger charge is -2.25. The van der Waals surface area contributed by atoms with Crippen LogP contribution in [-0.4, -0.2) is 9.97 Å². The molecule has 1 aliphatic rings. The van der Waals surface area contributed by atoms with Gasteiger partial charge in [-0.05, 0) is 29.3 Å². The number of hydrogen-bond acceptors (Lipinski definition) is 3. The highest BCUT2D eigenvalue weighted by molar-refractivity contribution is 9.10. The fourth-order valence-electron chi connectivity index (χ4n) is 3.07. The van der Waals surface area contributed by atoms with Crippen LogP contribution >= 0.6 is 15.9 Å². The van der Waals surface area contributed by atoms with Crippen LogP contribution in [0.2, 0.25) is 0 Å². The zero-order chi connectivity index (χ0) is 17.4. The van der Waals surface area contributed by atoms with E-state index in [0.717, 1.165) is 21.3 Å². The van der Waals surface area contributed by atoms with Gasteiger partial charge in [0, 0.05) is 16.1 Å². The fourth-order valence-corrected chi connectivity index (χ4v) is 3.48. The van der Waals surface area contributed by atoms with Crippen LogP contribution in [-0.2, 0) is 0 Å². The van der Waals surface area contributed by atoms with E-state index in [1.54, 1.807) is 0 Å². The molecule has 0 saturated heterocycles. The van der Waals surface area contributed by atoms with Crippen molar-refractivity contribution in [3.8, 4) is 0 Å². The van der Waals surface area contributed by atoms with E-state index in [9.17, 15) is 9.59 Å². The number of H-pyrrole nitrogens is 2. The number of benzene rings is 2. The predicted molar refractivity (Wildman–Crippen MR) is 102 cm³/mol. The van der Waals surface area contributed by atoms with Crippen LogP contribution in [0.25, 0.3) is 5.70 Å². The average Bonchev–Trinajstić information content (AvgIpc) is 2.61. The van der Waals surface area contributed by atoms with E-state index in [4.69, 9.17) is 0 Å². The van der Waals surface area contributed by atoms with Crippen LogP contribution < -0.4 is 16.6 Å². The largest absolute Gasteiger partial charge is 0.341 e. The zero-order valence-electron chi connectivity index (χ0n) is 13.0. The Morgan fingerprint density at radius 1 is 0.920 bits per heavy atom. The van der Waals surface area contributed by atoms with Crippen molar-refractivity contribution in [2.45, 2.75) is 5.92 Å². The molecule has 1 aromatic heterocycles. The summed E-state index contributed by atoms with van der Waals surface area (Å²) in [6.45, 7) is 0. The van der Waals surface area contributed by atoms with Gasteiger partial charge in [0.15, 0.2) is 0 Å². The van der Waals surface area contributed by atoms with Gasteiger partial charge in [-0.25, -0.2) is 4.79 Å². The Hall–Kier alpha value is -2.86. The van der Waals surface area contributed by atoms with Gasteiger partial charge < -0.3 is 5.32 Å². The first-order valence-corrected chi connectivity index (χ1v) is 8.57. The Morgan fingerprint density at radius 2 is 1.72 bits per heavy atom. The Morgan fingerprint density at radius 3 is 2.48 bits per heavy atom. The smallest absolute Gasteiger partial charge is 0.327 e. The van der Waals surface area contributed by atoms with Gasteiger partial charge in [-0.2, -0.15) is 0 Å². The number of aromatic nitrogens is 2. The highest BCUT2D eigenvalue weighted by Crippen LogP contribution is 2.36. The quantitative estimate of drug-likeness (QED) is 0.621. The van der Waals surface area contributed by atoms with Crippen LogP contribution in [0.15, 0.2) is 74.7 Å². The SMILES string of the molecule is O=c1[nH]c2c(c(=O)[nH]1)C(c1cccc(Br)c1)C=C(c1ccccc1)N2. The summed E-state index contributed by atoms with van der Waals surface area (Å²) in [5.41, 5.74) is 2.37. The topological polar surface area (TPSA) is 77.8 Å². The van der Waals surface area contributed by atoms with Gasteiger partial charge in [0.1, 0.15) is 5.82 Å². The zero-order valence-corrected chi connectivity index (χ0v) is 14.6. The van der Waals surface area contributed by atoms with Crippen molar-refractivity contribution < 1.29 is 0 Å². The lowest BCUT2D eigenvalue weighted by atomic mass is 9.88. The predicted octanol–water partition coefficient (Wildman–Crippen LogP) is 3.42. The Labute approximate surface area is 151 Å². The van der Waals surface area contributed by atoms with Crippen molar-refractivity contribution in [1.29, 1.82) is 0 Å². The third kappa shape index (κ3) is 2.96. The third-order valence-electron chi connectivity index (χ3n) is 4.18. The number of rotatable bonds is 2. The number of aromatic amines is 2. The van der Waals surface area contributed by atoms with Gasteiger partial charge in [0.25, 0.3) is 5.56 Å². The van der Waals surface area contributed by atoms with Gasteiger partial charge in [-0.15, -0.1) is 0 Å². The third-order valence-corrected chi connectivity index (χ3v) is 4.67. The fraction of sp³-hybridized carbons (Fsp3) is 0.0526. The van der Waals surface area contributed by atoms with Gasteiger partial charge in [0.2, 0.25) is 0 Å². The number of anilines is 1. The summed E-state index contributed by atoms with van der Waals surface area (Å²) in [5, 5.41) is 3.18. The summed E-state index contributed by atoms with van der Waals surface area (Å²) in [6.07, 6.45) is 2.01. The molecule has 5 nitrogen and oxygen atoms in total. The summed E-state index contributed by atoms with van der Waals surface area (Å²) in [6, 6.07) is 17.6. The highest BCUT2D eigenvalue weighted by Gasteiger charge is 2.26. The summed E-state index contributed by atoms with van der Waals surface area (Å²) in [5.74, 6) is 0.157. The molecule has 124 valence electrons. The number of halogens is 1. The second-order valence-electron chi connectivity index (χ2n) is 5.80. The normalized spacial score (nSPS) is 15.9. The molecular formula is C19H14BrN3O2. The van der Waals surface area contributed by atoms with Crippen LogP contribution in [0.5, 0.6) is 0 Å². The number of allylic oxidation sites excluding steroid dienone is 1. The summed E-state index contributed by atoms with van der Waals surface area (Å²) < 4.78 is 0.931. The Bertz CT molecular complexity index is 1080. The molecular weight excluding hydrogens is 382 g/mol. The molecule has 0 bridgehead atoms. The van der Waals surface area contributed by atoms with Crippen molar-refractivity contribution in [2.75, 3.05) is 5.32 Å². The van der Waals surface area contributed by atoms with E-state index in [2.05, 4.69) is 31.2 Å². The molecule has 0 fully saturated rings. The van der Waals surface area contributed by atoms with E-state index >= 15 is 0 Å². The Balaban J connectivity index is 1.95. The maximum absolute atomic E-state index is 12.4. The molecule has 0 aliphatic carbocycles. The second kappa shape index (κ2) is 6.22. The molecule has 0 amide bonds. The molecule has 3 N–H and O–H groups in total.